The largest absolute Gasteiger partial charge is 0.310 e. The molecule has 138 valence electrons. The average Bonchev–Trinajstić information content (AvgIpc) is 2.62. The van der Waals surface area contributed by atoms with Crippen LogP contribution < -0.4 is 10.6 Å². The first-order valence-electron chi connectivity index (χ1n) is 7.51. The number of hydrogen-bond acceptors (Lipinski definition) is 6. The fraction of sp³-hybridized carbons (Fsp3) is 0.250. The van der Waals surface area contributed by atoms with Gasteiger partial charge in [-0.3, -0.25) is 9.59 Å². The molecule has 2 amide bonds. The highest BCUT2D eigenvalue weighted by Crippen LogP contribution is 2.12. The topological polar surface area (TPSA) is 84.0 Å². The van der Waals surface area contributed by atoms with Gasteiger partial charge in [0.15, 0.2) is 0 Å². The van der Waals surface area contributed by atoms with Gasteiger partial charge in [0.25, 0.3) is 0 Å². The van der Waals surface area contributed by atoms with Gasteiger partial charge in [0.05, 0.1) is 21.6 Å². The Bertz CT molecular complexity index is 667. The molecule has 2 heterocycles. The van der Waals surface area contributed by atoms with Crippen LogP contribution in [0.3, 0.4) is 0 Å². The number of anilines is 2. The van der Waals surface area contributed by atoms with Crippen LogP contribution in [0.15, 0.2) is 36.7 Å². The monoisotopic (exact) mass is 430 g/mol. The van der Waals surface area contributed by atoms with E-state index in [0.29, 0.717) is 33.2 Å². The lowest BCUT2D eigenvalue weighted by atomic mass is 10.4. The van der Waals surface area contributed by atoms with Gasteiger partial charge in [0, 0.05) is 23.9 Å². The highest BCUT2D eigenvalue weighted by Gasteiger charge is 2.05. The maximum atomic E-state index is 11.8. The molecule has 0 aliphatic carbocycles. The van der Waals surface area contributed by atoms with Crippen LogP contribution in [0.2, 0.25) is 10.0 Å². The van der Waals surface area contributed by atoms with Crippen LogP contribution in [0.4, 0.5) is 11.6 Å². The Hall–Kier alpha value is -1.48. The third-order valence-electron chi connectivity index (χ3n) is 2.83. The van der Waals surface area contributed by atoms with E-state index < -0.39 is 0 Å². The summed E-state index contributed by atoms with van der Waals surface area (Å²) in [6, 6.07) is 6.63. The Kier molecular flexibility index (Phi) is 9.04. The summed E-state index contributed by atoms with van der Waals surface area (Å²) in [5.74, 6) is 2.88. The molecule has 0 bridgehead atoms. The predicted octanol–water partition coefficient (Wildman–Crippen LogP) is 3.83. The minimum absolute atomic E-state index is 0.124. The van der Waals surface area contributed by atoms with Gasteiger partial charge in [-0.15, -0.1) is 0 Å². The number of carbonyl (C=O) groups is 2. The number of nitrogens with one attached hydrogen (secondary N) is 2. The van der Waals surface area contributed by atoms with Crippen LogP contribution in [0.1, 0.15) is 0 Å². The van der Waals surface area contributed by atoms with E-state index in [-0.39, 0.29) is 11.8 Å². The summed E-state index contributed by atoms with van der Waals surface area (Å²) < 4.78 is 0. The van der Waals surface area contributed by atoms with Crippen molar-refractivity contribution in [2.75, 3.05) is 33.6 Å². The van der Waals surface area contributed by atoms with Gasteiger partial charge in [-0.25, -0.2) is 9.97 Å². The number of rotatable bonds is 9. The van der Waals surface area contributed by atoms with Gasteiger partial charge in [0.2, 0.25) is 11.8 Å². The summed E-state index contributed by atoms with van der Waals surface area (Å²) in [5, 5.41) is 6.42. The van der Waals surface area contributed by atoms with E-state index in [1.165, 1.54) is 35.9 Å². The lowest BCUT2D eigenvalue weighted by Crippen LogP contribution is -2.16. The zero-order chi connectivity index (χ0) is 18.8. The number of carbonyl (C=O) groups excluding carboxylic acids is 2. The average molecular weight is 431 g/mol. The van der Waals surface area contributed by atoms with E-state index in [4.69, 9.17) is 23.2 Å². The van der Waals surface area contributed by atoms with Crippen molar-refractivity contribution in [1.82, 2.24) is 9.97 Å². The Morgan fingerprint density at radius 2 is 1.23 bits per heavy atom. The molecule has 26 heavy (non-hydrogen) atoms. The molecule has 0 spiro atoms. The molecule has 2 aromatic rings. The molecular weight excluding hydrogens is 415 g/mol. The zero-order valence-corrected chi connectivity index (χ0v) is 16.7. The first-order chi connectivity index (χ1) is 12.5. The molecule has 0 saturated heterocycles. The highest BCUT2D eigenvalue weighted by molar-refractivity contribution is 8.03. The van der Waals surface area contributed by atoms with Crippen LogP contribution >= 0.6 is 46.7 Å². The Balaban J connectivity index is 1.53. The molecule has 0 saturated carbocycles. The molecule has 0 fully saturated rings. The number of thioether (sulfide) groups is 2. The van der Waals surface area contributed by atoms with Gasteiger partial charge in [-0.05, 0) is 24.3 Å². The lowest BCUT2D eigenvalue weighted by Gasteiger charge is -2.05. The van der Waals surface area contributed by atoms with Gasteiger partial charge >= 0.3 is 0 Å². The third-order valence-corrected chi connectivity index (χ3v) is 5.45. The Labute approximate surface area is 169 Å². The summed E-state index contributed by atoms with van der Waals surface area (Å²) in [6.07, 6.45) is 2.96. The molecule has 0 aliphatic heterocycles. The molecule has 10 heteroatoms. The van der Waals surface area contributed by atoms with Gasteiger partial charge in [-0.2, -0.15) is 23.5 Å². The predicted molar refractivity (Wildman–Crippen MR) is 110 cm³/mol. The van der Waals surface area contributed by atoms with Crippen LogP contribution in [-0.2, 0) is 9.59 Å². The van der Waals surface area contributed by atoms with Crippen LogP contribution in [0, 0.1) is 0 Å². The SMILES string of the molecule is O=C(CSCCSCC(=O)Nc1ccc(Cl)cn1)Nc1ccc(Cl)cn1. The maximum absolute atomic E-state index is 11.8. The minimum atomic E-state index is -0.124. The molecule has 0 unspecified atom stereocenters. The molecule has 6 nitrogen and oxygen atoms in total. The summed E-state index contributed by atoms with van der Waals surface area (Å²) in [6.45, 7) is 0. The van der Waals surface area contributed by atoms with Crippen LogP contribution in [-0.4, -0.2) is 44.8 Å². The molecule has 0 atom stereocenters. The molecule has 0 aromatic carbocycles. The number of nitrogens with zero attached hydrogens (tertiary/aromatic N) is 2. The summed E-state index contributed by atoms with van der Waals surface area (Å²) >= 11 is 14.5. The number of halogens is 2. The molecule has 0 radical (unpaired) electrons. The number of aromatic nitrogens is 2. The second-order valence-corrected chi connectivity index (χ2v) is 8.01. The summed E-state index contributed by atoms with van der Waals surface area (Å²) in [4.78, 5) is 31.5. The van der Waals surface area contributed by atoms with Crippen molar-refractivity contribution >= 4 is 70.2 Å². The normalized spacial score (nSPS) is 10.4. The Morgan fingerprint density at radius 1 is 0.808 bits per heavy atom. The number of hydrogen-bond donors (Lipinski definition) is 2. The van der Waals surface area contributed by atoms with E-state index >= 15 is 0 Å². The highest BCUT2D eigenvalue weighted by atomic mass is 35.5. The summed E-state index contributed by atoms with van der Waals surface area (Å²) in [5.41, 5.74) is 0. The van der Waals surface area contributed by atoms with E-state index in [9.17, 15) is 9.59 Å². The van der Waals surface area contributed by atoms with Crippen molar-refractivity contribution in [2.45, 2.75) is 0 Å². The zero-order valence-electron chi connectivity index (χ0n) is 13.6. The molecule has 2 N–H and O–H groups in total. The van der Waals surface area contributed by atoms with Crippen LogP contribution in [0.5, 0.6) is 0 Å². The fourth-order valence-electron chi connectivity index (χ4n) is 1.70. The van der Waals surface area contributed by atoms with Crippen LogP contribution in [0.25, 0.3) is 0 Å². The lowest BCUT2D eigenvalue weighted by molar-refractivity contribution is -0.114. The van der Waals surface area contributed by atoms with Crippen molar-refractivity contribution in [1.29, 1.82) is 0 Å². The van der Waals surface area contributed by atoms with Crippen molar-refractivity contribution in [3.63, 3.8) is 0 Å². The molecule has 2 aromatic heterocycles. The van der Waals surface area contributed by atoms with Crippen molar-refractivity contribution in [3.05, 3.63) is 46.7 Å². The smallest absolute Gasteiger partial charge is 0.235 e. The molecule has 2 rings (SSSR count). The fourth-order valence-corrected chi connectivity index (χ4v) is 3.68. The third kappa shape index (κ3) is 8.27. The minimum Gasteiger partial charge on any atom is -0.310 e. The van der Waals surface area contributed by atoms with E-state index in [0.717, 1.165) is 11.5 Å². The van der Waals surface area contributed by atoms with Crippen molar-refractivity contribution in [3.8, 4) is 0 Å². The number of pyridine rings is 2. The quantitative estimate of drug-likeness (QED) is 0.588. The second kappa shape index (κ2) is 11.3. The summed E-state index contributed by atoms with van der Waals surface area (Å²) in [7, 11) is 0. The van der Waals surface area contributed by atoms with Gasteiger partial charge in [0.1, 0.15) is 11.6 Å². The van der Waals surface area contributed by atoms with Crippen molar-refractivity contribution < 1.29 is 9.59 Å². The van der Waals surface area contributed by atoms with E-state index in [1.807, 2.05) is 0 Å². The second-order valence-electron chi connectivity index (χ2n) is 4.92. The van der Waals surface area contributed by atoms with Crippen molar-refractivity contribution in [2.24, 2.45) is 0 Å². The molecule has 0 aliphatic rings. The molecular formula is C16H16Cl2N4O2S2. The maximum Gasteiger partial charge on any atom is 0.235 e. The van der Waals surface area contributed by atoms with Gasteiger partial charge in [-0.1, -0.05) is 23.2 Å². The number of amides is 2. The van der Waals surface area contributed by atoms with Gasteiger partial charge < -0.3 is 10.6 Å². The standard InChI is InChI=1S/C16H16Cl2N4O2S2/c17-11-1-3-13(19-7-11)21-15(23)9-25-5-6-26-10-16(24)22-14-4-2-12(18)8-20-14/h1-4,7-8H,5-6,9-10H2,(H,19,21,23)(H,20,22,24). The van der Waals surface area contributed by atoms with E-state index in [2.05, 4.69) is 20.6 Å². The first kappa shape index (κ1) is 20.8. The first-order valence-corrected chi connectivity index (χ1v) is 10.6. The van der Waals surface area contributed by atoms with E-state index in [1.54, 1.807) is 24.3 Å². The Morgan fingerprint density at radius 3 is 1.58 bits per heavy atom.